The van der Waals surface area contributed by atoms with E-state index in [0.717, 1.165) is 12.1 Å². The van der Waals surface area contributed by atoms with Crippen molar-refractivity contribution in [1.29, 1.82) is 0 Å². The molecule has 0 saturated carbocycles. The second kappa shape index (κ2) is 6.90. The van der Waals surface area contributed by atoms with Gasteiger partial charge in [0.25, 0.3) is 5.91 Å². The van der Waals surface area contributed by atoms with Gasteiger partial charge in [-0.05, 0) is 36.8 Å². The van der Waals surface area contributed by atoms with Crippen LogP contribution in [0.5, 0.6) is 0 Å². The number of pyridine rings is 1. The predicted octanol–water partition coefficient (Wildman–Crippen LogP) is 3.66. The van der Waals surface area contributed by atoms with E-state index in [1.54, 1.807) is 30.0 Å². The molecule has 1 aromatic carbocycles. The van der Waals surface area contributed by atoms with Crippen molar-refractivity contribution in [3.63, 3.8) is 0 Å². The number of rotatable bonds is 4. The Bertz CT molecular complexity index is 712. The molecule has 1 heterocycles. The summed E-state index contributed by atoms with van der Waals surface area (Å²) in [7, 11) is 3.66. The van der Waals surface area contributed by atoms with E-state index in [0.29, 0.717) is 16.9 Å². The van der Waals surface area contributed by atoms with Gasteiger partial charge in [0.2, 0.25) is 0 Å². The number of hydrogen-bond acceptors (Lipinski definition) is 3. The molecule has 1 unspecified atom stereocenters. The number of carbonyl (C=O) groups excluding carboxylic acids is 1. The van der Waals surface area contributed by atoms with Crippen LogP contribution >= 0.6 is 0 Å². The zero-order chi connectivity index (χ0) is 17.9. The Morgan fingerprint density at radius 3 is 2.46 bits per heavy atom. The first-order valence-corrected chi connectivity index (χ1v) is 7.30. The maximum absolute atomic E-state index is 12.8. The normalized spacial score (nSPS) is 12.6. The van der Waals surface area contributed by atoms with E-state index in [1.807, 2.05) is 14.1 Å². The van der Waals surface area contributed by atoms with Gasteiger partial charge < -0.3 is 10.2 Å². The van der Waals surface area contributed by atoms with E-state index in [-0.39, 0.29) is 0 Å². The van der Waals surface area contributed by atoms with Crippen molar-refractivity contribution in [2.75, 3.05) is 19.0 Å². The number of nitrogens with one attached hydrogen (secondary N) is 1. The van der Waals surface area contributed by atoms with Gasteiger partial charge in [-0.15, -0.1) is 0 Å². The summed E-state index contributed by atoms with van der Waals surface area (Å²) in [5.41, 5.74) is -0.00595. The molecular formula is C17H18F3N3O. The predicted molar refractivity (Wildman–Crippen MR) is 85.9 cm³/mol. The molecule has 24 heavy (non-hydrogen) atoms. The van der Waals surface area contributed by atoms with E-state index in [4.69, 9.17) is 0 Å². The zero-order valence-electron chi connectivity index (χ0n) is 13.6. The molecule has 2 aromatic rings. The number of anilines is 1. The molecule has 128 valence electrons. The van der Waals surface area contributed by atoms with Crippen LogP contribution in [0.25, 0.3) is 0 Å². The van der Waals surface area contributed by atoms with Crippen LogP contribution in [0.15, 0.2) is 42.6 Å². The number of nitrogens with zero attached hydrogens (tertiary/aromatic N) is 2. The smallest absolute Gasteiger partial charge is 0.363 e. The topological polar surface area (TPSA) is 45.2 Å². The van der Waals surface area contributed by atoms with Crippen LogP contribution in [0.1, 0.15) is 34.5 Å². The molecule has 0 radical (unpaired) electrons. The maximum atomic E-state index is 12.8. The number of benzene rings is 1. The Morgan fingerprint density at radius 2 is 1.92 bits per heavy atom. The molecular weight excluding hydrogens is 319 g/mol. The van der Waals surface area contributed by atoms with Crippen molar-refractivity contribution in [3.05, 3.63) is 59.3 Å². The highest BCUT2D eigenvalue weighted by Gasteiger charge is 2.30. The average Bonchev–Trinajstić information content (AvgIpc) is 2.54. The zero-order valence-corrected chi connectivity index (χ0v) is 13.6. The lowest BCUT2D eigenvalue weighted by Gasteiger charge is -2.16. The van der Waals surface area contributed by atoms with Crippen molar-refractivity contribution in [2.45, 2.75) is 19.1 Å². The minimum Gasteiger partial charge on any atom is -0.363 e. The van der Waals surface area contributed by atoms with Gasteiger partial charge in [0, 0.05) is 20.3 Å². The molecule has 0 fully saturated rings. The van der Waals surface area contributed by atoms with E-state index in [1.165, 1.54) is 12.3 Å². The summed E-state index contributed by atoms with van der Waals surface area (Å²) >= 11 is 0. The highest BCUT2D eigenvalue weighted by atomic mass is 19.4. The molecule has 0 saturated heterocycles. The van der Waals surface area contributed by atoms with E-state index < -0.39 is 23.7 Å². The largest absolute Gasteiger partial charge is 0.416 e. The highest BCUT2D eigenvalue weighted by Crippen LogP contribution is 2.30. The monoisotopic (exact) mass is 337 g/mol. The first-order chi connectivity index (χ1) is 11.2. The molecule has 0 spiro atoms. The average molecular weight is 337 g/mol. The van der Waals surface area contributed by atoms with Crippen LogP contribution in [-0.4, -0.2) is 25.0 Å². The van der Waals surface area contributed by atoms with Gasteiger partial charge in [-0.2, -0.15) is 13.2 Å². The van der Waals surface area contributed by atoms with E-state index >= 15 is 0 Å². The number of aromatic nitrogens is 1. The van der Waals surface area contributed by atoms with E-state index in [9.17, 15) is 18.0 Å². The summed E-state index contributed by atoms with van der Waals surface area (Å²) in [4.78, 5) is 18.1. The maximum Gasteiger partial charge on any atom is 0.416 e. The number of halogens is 3. The third kappa shape index (κ3) is 4.24. The molecule has 1 N–H and O–H groups in total. The van der Waals surface area contributed by atoms with Gasteiger partial charge in [0.05, 0.1) is 17.2 Å². The van der Waals surface area contributed by atoms with Crippen LogP contribution in [0.4, 0.5) is 19.0 Å². The van der Waals surface area contributed by atoms with Gasteiger partial charge in [0.15, 0.2) is 0 Å². The lowest BCUT2D eigenvalue weighted by atomic mass is 10.0. The molecule has 0 aliphatic rings. The highest BCUT2D eigenvalue weighted by molar-refractivity contribution is 5.94. The summed E-state index contributed by atoms with van der Waals surface area (Å²) in [6.45, 7) is 1.63. The third-order valence-corrected chi connectivity index (χ3v) is 3.53. The summed E-state index contributed by atoms with van der Waals surface area (Å²) in [6, 6.07) is 7.68. The molecule has 4 nitrogen and oxygen atoms in total. The van der Waals surface area contributed by atoms with Crippen LogP contribution in [0.3, 0.4) is 0 Å². The van der Waals surface area contributed by atoms with Gasteiger partial charge in [0.1, 0.15) is 5.82 Å². The van der Waals surface area contributed by atoms with Crippen molar-refractivity contribution >= 4 is 11.7 Å². The van der Waals surface area contributed by atoms with Crippen LogP contribution in [0.2, 0.25) is 0 Å². The molecule has 1 atom stereocenters. The Balaban J connectivity index is 2.11. The van der Waals surface area contributed by atoms with Crippen molar-refractivity contribution in [1.82, 2.24) is 10.3 Å². The third-order valence-electron chi connectivity index (χ3n) is 3.53. The summed E-state index contributed by atoms with van der Waals surface area (Å²) in [5.74, 6) is 0.315. The first-order valence-electron chi connectivity index (χ1n) is 7.30. The summed E-state index contributed by atoms with van der Waals surface area (Å²) in [6.07, 6.45) is -2.98. The lowest BCUT2D eigenvalue weighted by Crippen LogP contribution is -2.27. The van der Waals surface area contributed by atoms with Gasteiger partial charge in [-0.25, -0.2) is 4.98 Å². The van der Waals surface area contributed by atoms with Crippen molar-refractivity contribution in [3.8, 4) is 0 Å². The Morgan fingerprint density at radius 1 is 1.21 bits per heavy atom. The molecule has 2 rings (SSSR count). The molecule has 0 aliphatic heterocycles. The molecule has 0 aliphatic carbocycles. The van der Waals surface area contributed by atoms with Gasteiger partial charge in [-0.1, -0.05) is 12.1 Å². The second-order valence-corrected chi connectivity index (χ2v) is 5.62. The minimum atomic E-state index is -4.41. The lowest BCUT2D eigenvalue weighted by molar-refractivity contribution is -0.137. The Labute approximate surface area is 138 Å². The van der Waals surface area contributed by atoms with Crippen molar-refractivity contribution in [2.24, 2.45) is 0 Å². The molecule has 1 aromatic heterocycles. The van der Waals surface area contributed by atoms with E-state index in [2.05, 4.69) is 10.3 Å². The fourth-order valence-electron chi connectivity index (χ4n) is 2.13. The number of carbonyl (C=O) groups is 1. The summed E-state index contributed by atoms with van der Waals surface area (Å²) in [5, 5.41) is 2.68. The quantitative estimate of drug-likeness (QED) is 0.926. The fraction of sp³-hybridized carbons (Fsp3) is 0.294. The van der Waals surface area contributed by atoms with Gasteiger partial charge >= 0.3 is 6.18 Å². The SMILES string of the molecule is CC(NC(=O)c1ccc(N(C)C)nc1)c1cccc(C(F)(F)F)c1. The fourth-order valence-corrected chi connectivity index (χ4v) is 2.13. The number of amides is 1. The number of alkyl halides is 3. The molecule has 1 amide bonds. The molecule has 7 heteroatoms. The second-order valence-electron chi connectivity index (χ2n) is 5.62. The van der Waals surface area contributed by atoms with Crippen LogP contribution in [-0.2, 0) is 6.18 Å². The van der Waals surface area contributed by atoms with Crippen LogP contribution in [0, 0.1) is 0 Å². The number of hydrogen-bond donors (Lipinski definition) is 1. The van der Waals surface area contributed by atoms with Crippen LogP contribution < -0.4 is 10.2 Å². The molecule has 0 bridgehead atoms. The van der Waals surface area contributed by atoms with Crippen molar-refractivity contribution < 1.29 is 18.0 Å². The standard InChI is InChI=1S/C17H18F3N3O/c1-11(12-5-4-6-14(9-12)17(18,19)20)22-16(24)13-7-8-15(21-10-13)23(2)3/h4-11H,1-3H3,(H,22,24). The van der Waals surface area contributed by atoms with Gasteiger partial charge in [-0.3, -0.25) is 4.79 Å². The Hall–Kier alpha value is -2.57. The minimum absolute atomic E-state index is 0.347. The Kier molecular flexibility index (Phi) is 5.11. The first kappa shape index (κ1) is 17.8. The summed E-state index contributed by atoms with van der Waals surface area (Å²) < 4.78 is 38.3.